The van der Waals surface area contributed by atoms with Gasteiger partial charge in [-0.05, 0) is 56.8 Å². The van der Waals surface area contributed by atoms with Crippen molar-refractivity contribution < 1.29 is 22.8 Å². The molecule has 5 nitrogen and oxygen atoms in total. The molecule has 0 heterocycles. The zero-order valence-corrected chi connectivity index (χ0v) is 16.5. The van der Waals surface area contributed by atoms with Crippen LogP contribution in [0.1, 0.15) is 36.2 Å². The molecule has 0 spiro atoms. The predicted molar refractivity (Wildman–Crippen MR) is 107 cm³/mol. The minimum Gasteiger partial charge on any atom is -0.325 e. The Bertz CT molecular complexity index is 868. The summed E-state index contributed by atoms with van der Waals surface area (Å²) in [5.74, 6) is -0.791. The Balaban J connectivity index is 2.05. The van der Waals surface area contributed by atoms with Gasteiger partial charge in [0, 0.05) is 23.0 Å². The smallest absolute Gasteiger partial charge is 0.325 e. The van der Waals surface area contributed by atoms with E-state index in [1.165, 1.54) is 24.3 Å². The van der Waals surface area contributed by atoms with Crippen LogP contribution in [-0.2, 0) is 11.0 Å². The molecule has 1 unspecified atom stereocenters. The molecule has 8 heteroatoms. The SMILES string of the molecule is CCC(C)N(C)CC(=O)Nc1cccc(C(=O)Nc2cccc(C(F)(F)F)c2)c1. The molecular formula is C21H24F3N3O2. The topological polar surface area (TPSA) is 61.4 Å². The molecule has 29 heavy (non-hydrogen) atoms. The van der Waals surface area contributed by atoms with Gasteiger partial charge in [0.25, 0.3) is 5.91 Å². The van der Waals surface area contributed by atoms with Crippen LogP contribution in [0.3, 0.4) is 0 Å². The molecule has 2 amide bonds. The Morgan fingerprint density at radius 2 is 1.66 bits per heavy atom. The molecule has 2 aromatic carbocycles. The molecule has 2 N–H and O–H groups in total. The molecule has 0 bridgehead atoms. The number of rotatable bonds is 7. The minimum absolute atomic E-state index is 0.0365. The van der Waals surface area contributed by atoms with Gasteiger partial charge in [0.05, 0.1) is 12.1 Å². The summed E-state index contributed by atoms with van der Waals surface area (Å²) in [6, 6.07) is 10.9. The maximum absolute atomic E-state index is 12.8. The van der Waals surface area contributed by atoms with Crippen LogP contribution in [0.15, 0.2) is 48.5 Å². The Morgan fingerprint density at radius 1 is 1.03 bits per heavy atom. The highest BCUT2D eigenvalue weighted by Crippen LogP contribution is 2.30. The molecule has 0 aliphatic heterocycles. The summed E-state index contributed by atoms with van der Waals surface area (Å²) in [5, 5.41) is 5.18. The number of anilines is 2. The molecule has 2 aromatic rings. The van der Waals surface area contributed by atoms with Gasteiger partial charge in [-0.1, -0.05) is 19.1 Å². The molecule has 2 rings (SSSR count). The highest BCUT2D eigenvalue weighted by Gasteiger charge is 2.30. The van der Waals surface area contributed by atoms with Crippen molar-refractivity contribution in [1.82, 2.24) is 4.90 Å². The van der Waals surface area contributed by atoms with E-state index in [1.54, 1.807) is 12.1 Å². The average Bonchev–Trinajstić information content (AvgIpc) is 2.66. The van der Waals surface area contributed by atoms with Crippen molar-refractivity contribution in [2.75, 3.05) is 24.2 Å². The summed E-state index contributed by atoms with van der Waals surface area (Å²) in [4.78, 5) is 26.5. The van der Waals surface area contributed by atoms with Crippen LogP contribution in [0.4, 0.5) is 24.5 Å². The van der Waals surface area contributed by atoms with E-state index in [0.717, 1.165) is 18.6 Å². The van der Waals surface area contributed by atoms with Gasteiger partial charge >= 0.3 is 6.18 Å². The van der Waals surface area contributed by atoms with E-state index >= 15 is 0 Å². The zero-order valence-electron chi connectivity index (χ0n) is 16.5. The molecule has 0 saturated heterocycles. The summed E-state index contributed by atoms with van der Waals surface area (Å²) in [7, 11) is 1.85. The predicted octanol–water partition coefficient (Wildman–Crippen LogP) is 4.63. The van der Waals surface area contributed by atoms with Gasteiger partial charge < -0.3 is 10.6 Å². The number of nitrogens with zero attached hydrogens (tertiary/aromatic N) is 1. The Labute approximate surface area is 167 Å². The molecular weight excluding hydrogens is 383 g/mol. The fraction of sp³-hybridized carbons (Fsp3) is 0.333. The van der Waals surface area contributed by atoms with Crippen molar-refractivity contribution >= 4 is 23.2 Å². The highest BCUT2D eigenvalue weighted by atomic mass is 19.4. The van der Waals surface area contributed by atoms with Crippen LogP contribution in [0.25, 0.3) is 0 Å². The number of carbonyl (C=O) groups is 2. The van der Waals surface area contributed by atoms with Crippen LogP contribution in [-0.4, -0.2) is 36.3 Å². The summed E-state index contributed by atoms with van der Waals surface area (Å²) in [5.41, 5.74) is -0.157. The minimum atomic E-state index is -4.49. The molecule has 0 aliphatic rings. The van der Waals surface area contributed by atoms with E-state index in [-0.39, 0.29) is 29.7 Å². The largest absolute Gasteiger partial charge is 0.416 e. The third-order valence-corrected chi connectivity index (χ3v) is 4.59. The van der Waals surface area contributed by atoms with Crippen LogP contribution in [0.5, 0.6) is 0 Å². The summed E-state index contributed by atoms with van der Waals surface area (Å²) in [6.07, 6.45) is -3.58. The van der Waals surface area contributed by atoms with E-state index in [2.05, 4.69) is 10.6 Å². The quantitative estimate of drug-likeness (QED) is 0.704. The van der Waals surface area contributed by atoms with Gasteiger partial charge in [-0.2, -0.15) is 13.2 Å². The fourth-order valence-corrected chi connectivity index (χ4v) is 2.61. The Morgan fingerprint density at radius 3 is 2.28 bits per heavy atom. The van der Waals surface area contributed by atoms with Gasteiger partial charge in [0.15, 0.2) is 0 Å². The average molecular weight is 407 g/mol. The zero-order chi connectivity index (χ0) is 21.6. The van der Waals surface area contributed by atoms with E-state index in [0.29, 0.717) is 5.69 Å². The molecule has 0 radical (unpaired) electrons. The molecule has 1 atom stereocenters. The number of likely N-dealkylation sites (N-methyl/N-ethyl adjacent to an activating group) is 1. The van der Waals surface area contributed by atoms with Crippen molar-refractivity contribution in [3.05, 3.63) is 59.7 Å². The van der Waals surface area contributed by atoms with Crippen LogP contribution < -0.4 is 10.6 Å². The standard InChI is InChI=1S/C21H24F3N3O2/c1-4-14(2)27(3)13-19(28)25-17-9-5-7-15(11-17)20(29)26-18-10-6-8-16(12-18)21(22,23)24/h5-12,14H,4,13H2,1-3H3,(H,25,28)(H,26,29). The summed E-state index contributed by atoms with van der Waals surface area (Å²) >= 11 is 0. The van der Waals surface area contributed by atoms with Gasteiger partial charge in [0.1, 0.15) is 0 Å². The first-order valence-corrected chi connectivity index (χ1v) is 9.19. The van der Waals surface area contributed by atoms with Crippen LogP contribution >= 0.6 is 0 Å². The van der Waals surface area contributed by atoms with E-state index < -0.39 is 17.6 Å². The van der Waals surface area contributed by atoms with Gasteiger partial charge in [-0.3, -0.25) is 14.5 Å². The summed E-state index contributed by atoms with van der Waals surface area (Å²) < 4.78 is 38.4. The first kappa shape index (κ1) is 22.4. The second-order valence-electron chi connectivity index (χ2n) is 6.83. The molecule has 0 aromatic heterocycles. The Kier molecular flexibility index (Phi) is 7.39. The first-order chi connectivity index (χ1) is 13.6. The maximum Gasteiger partial charge on any atom is 0.416 e. The lowest BCUT2D eigenvalue weighted by Gasteiger charge is -2.22. The van der Waals surface area contributed by atoms with Crippen LogP contribution in [0.2, 0.25) is 0 Å². The first-order valence-electron chi connectivity index (χ1n) is 9.19. The third-order valence-electron chi connectivity index (χ3n) is 4.59. The second-order valence-corrected chi connectivity index (χ2v) is 6.83. The van der Waals surface area contributed by atoms with Crippen molar-refractivity contribution in [3.63, 3.8) is 0 Å². The number of nitrogens with one attached hydrogen (secondary N) is 2. The van der Waals surface area contributed by atoms with Crippen molar-refractivity contribution in [1.29, 1.82) is 0 Å². The van der Waals surface area contributed by atoms with E-state index in [9.17, 15) is 22.8 Å². The van der Waals surface area contributed by atoms with Gasteiger partial charge in [0.2, 0.25) is 5.91 Å². The van der Waals surface area contributed by atoms with Crippen LogP contribution in [0, 0.1) is 0 Å². The van der Waals surface area contributed by atoms with Gasteiger partial charge in [-0.25, -0.2) is 0 Å². The monoisotopic (exact) mass is 407 g/mol. The van der Waals surface area contributed by atoms with Crippen molar-refractivity contribution in [2.24, 2.45) is 0 Å². The number of carbonyl (C=O) groups excluding carboxylic acids is 2. The van der Waals surface area contributed by atoms with Crippen molar-refractivity contribution in [2.45, 2.75) is 32.5 Å². The maximum atomic E-state index is 12.8. The van der Waals surface area contributed by atoms with E-state index in [1.807, 2.05) is 25.8 Å². The fourth-order valence-electron chi connectivity index (χ4n) is 2.61. The number of hydrogen-bond acceptors (Lipinski definition) is 3. The van der Waals surface area contributed by atoms with Crippen molar-refractivity contribution in [3.8, 4) is 0 Å². The second kappa shape index (κ2) is 9.56. The highest BCUT2D eigenvalue weighted by molar-refractivity contribution is 6.05. The van der Waals surface area contributed by atoms with Gasteiger partial charge in [-0.15, -0.1) is 0 Å². The third kappa shape index (κ3) is 6.60. The number of halogens is 3. The Hall–Kier alpha value is -2.87. The van der Waals surface area contributed by atoms with E-state index in [4.69, 9.17) is 0 Å². The number of benzene rings is 2. The molecule has 0 aliphatic carbocycles. The molecule has 156 valence electrons. The number of hydrogen-bond donors (Lipinski definition) is 2. The molecule has 0 fully saturated rings. The lowest BCUT2D eigenvalue weighted by atomic mass is 10.1. The lowest BCUT2D eigenvalue weighted by molar-refractivity contribution is -0.137. The summed E-state index contributed by atoms with van der Waals surface area (Å²) in [6.45, 7) is 4.26. The normalized spacial score (nSPS) is 12.5. The number of amides is 2. The number of alkyl halides is 3. The molecule has 0 saturated carbocycles. The lowest BCUT2D eigenvalue weighted by Crippen LogP contribution is -2.36.